The van der Waals surface area contributed by atoms with E-state index in [1.165, 1.54) is 0 Å². The van der Waals surface area contributed by atoms with Crippen molar-refractivity contribution in [2.75, 3.05) is 6.54 Å². The van der Waals surface area contributed by atoms with Crippen molar-refractivity contribution >= 4 is 5.91 Å². The molecule has 1 amide bonds. The molecule has 0 bridgehead atoms. The Bertz CT molecular complexity index is 339. The molecule has 1 aliphatic heterocycles. The average molecular weight is 205 g/mol. The van der Waals surface area contributed by atoms with E-state index in [1.807, 2.05) is 6.07 Å². The highest BCUT2D eigenvalue weighted by atomic mass is 16.2. The van der Waals surface area contributed by atoms with Crippen LogP contribution >= 0.6 is 0 Å². The standard InChI is InChI=1S/C11H15N3O/c1-2-10-8(6-13-11(10)15)5-9-3-4-12-7-14-9/h3-4,7-8,10H,2,5-6H2,1H3,(H,13,15). The summed E-state index contributed by atoms with van der Waals surface area (Å²) in [6.45, 7) is 2.84. The molecule has 0 aromatic carbocycles. The summed E-state index contributed by atoms with van der Waals surface area (Å²) < 4.78 is 0. The normalized spacial score (nSPS) is 25.3. The molecule has 2 heterocycles. The van der Waals surface area contributed by atoms with Crippen molar-refractivity contribution in [2.24, 2.45) is 11.8 Å². The summed E-state index contributed by atoms with van der Waals surface area (Å²) in [4.78, 5) is 19.5. The van der Waals surface area contributed by atoms with Gasteiger partial charge in [-0.15, -0.1) is 0 Å². The van der Waals surface area contributed by atoms with Gasteiger partial charge in [-0.3, -0.25) is 4.79 Å². The molecule has 0 aliphatic carbocycles. The Balaban J connectivity index is 2.04. The number of nitrogens with one attached hydrogen (secondary N) is 1. The van der Waals surface area contributed by atoms with Crippen molar-refractivity contribution in [3.63, 3.8) is 0 Å². The number of carbonyl (C=O) groups excluding carboxylic acids is 1. The molecule has 4 heteroatoms. The Morgan fingerprint density at radius 2 is 2.47 bits per heavy atom. The largest absolute Gasteiger partial charge is 0.356 e. The second kappa shape index (κ2) is 4.38. The lowest BCUT2D eigenvalue weighted by atomic mass is 9.89. The monoisotopic (exact) mass is 205 g/mol. The van der Waals surface area contributed by atoms with Crippen LogP contribution in [0, 0.1) is 11.8 Å². The number of hydrogen-bond donors (Lipinski definition) is 1. The summed E-state index contributed by atoms with van der Waals surface area (Å²) >= 11 is 0. The third-order valence-corrected chi connectivity index (χ3v) is 3.00. The molecule has 2 unspecified atom stereocenters. The maximum absolute atomic E-state index is 11.5. The van der Waals surface area contributed by atoms with Gasteiger partial charge < -0.3 is 5.32 Å². The highest BCUT2D eigenvalue weighted by molar-refractivity contribution is 5.81. The maximum atomic E-state index is 11.5. The maximum Gasteiger partial charge on any atom is 0.223 e. The molecule has 1 fully saturated rings. The Kier molecular flexibility index (Phi) is 2.94. The third kappa shape index (κ3) is 2.14. The Hall–Kier alpha value is -1.45. The Morgan fingerprint density at radius 1 is 1.60 bits per heavy atom. The fraction of sp³-hybridized carbons (Fsp3) is 0.545. The summed E-state index contributed by atoms with van der Waals surface area (Å²) in [5.74, 6) is 0.730. The minimum Gasteiger partial charge on any atom is -0.356 e. The number of carbonyl (C=O) groups is 1. The molecule has 1 aromatic rings. The fourth-order valence-corrected chi connectivity index (χ4v) is 2.16. The van der Waals surface area contributed by atoms with Crippen LogP contribution in [0.5, 0.6) is 0 Å². The highest BCUT2D eigenvalue weighted by Gasteiger charge is 2.33. The molecule has 0 spiro atoms. The van der Waals surface area contributed by atoms with E-state index in [0.29, 0.717) is 5.92 Å². The molecule has 1 aliphatic rings. The third-order valence-electron chi connectivity index (χ3n) is 3.00. The van der Waals surface area contributed by atoms with Crippen LogP contribution in [-0.2, 0) is 11.2 Å². The SMILES string of the molecule is CCC1C(=O)NCC1Cc1ccncn1. The molecule has 2 rings (SSSR count). The summed E-state index contributed by atoms with van der Waals surface area (Å²) in [7, 11) is 0. The molecular weight excluding hydrogens is 190 g/mol. The van der Waals surface area contributed by atoms with E-state index in [0.717, 1.165) is 25.1 Å². The zero-order valence-corrected chi connectivity index (χ0v) is 8.81. The highest BCUT2D eigenvalue weighted by Crippen LogP contribution is 2.24. The van der Waals surface area contributed by atoms with E-state index in [9.17, 15) is 4.79 Å². The van der Waals surface area contributed by atoms with Crippen LogP contribution in [0.3, 0.4) is 0 Å². The van der Waals surface area contributed by atoms with Gasteiger partial charge in [-0.25, -0.2) is 9.97 Å². The number of rotatable bonds is 3. The van der Waals surface area contributed by atoms with Crippen molar-refractivity contribution in [3.8, 4) is 0 Å². The van der Waals surface area contributed by atoms with E-state index in [4.69, 9.17) is 0 Å². The van der Waals surface area contributed by atoms with Crippen LogP contribution in [0.1, 0.15) is 19.0 Å². The first-order chi connectivity index (χ1) is 7.31. The summed E-state index contributed by atoms with van der Waals surface area (Å²) in [6, 6.07) is 1.91. The lowest BCUT2D eigenvalue weighted by Crippen LogP contribution is -2.19. The fourth-order valence-electron chi connectivity index (χ4n) is 2.16. The van der Waals surface area contributed by atoms with Crippen LogP contribution in [0.25, 0.3) is 0 Å². The van der Waals surface area contributed by atoms with E-state index in [1.54, 1.807) is 12.5 Å². The predicted molar refractivity (Wildman–Crippen MR) is 56.0 cm³/mol. The number of amides is 1. The van der Waals surface area contributed by atoms with Crippen molar-refractivity contribution in [1.29, 1.82) is 0 Å². The van der Waals surface area contributed by atoms with E-state index in [-0.39, 0.29) is 11.8 Å². The van der Waals surface area contributed by atoms with Gasteiger partial charge in [-0.2, -0.15) is 0 Å². The van der Waals surface area contributed by atoms with Crippen LogP contribution in [0.4, 0.5) is 0 Å². The number of aromatic nitrogens is 2. The van der Waals surface area contributed by atoms with E-state index >= 15 is 0 Å². The molecule has 1 N–H and O–H groups in total. The van der Waals surface area contributed by atoms with E-state index < -0.39 is 0 Å². The van der Waals surface area contributed by atoms with Crippen LogP contribution < -0.4 is 5.32 Å². The van der Waals surface area contributed by atoms with Gasteiger partial charge in [-0.1, -0.05) is 6.92 Å². The van der Waals surface area contributed by atoms with Crippen LogP contribution in [-0.4, -0.2) is 22.4 Å². The van der Waals surface area contributed by atoms with Crippen molar-refractivity contribution in [1.82, 2.24) is 15.3 Å². The Labute approximate surface area is 89.1 Å². The average Bonchev–Trinajstić information content (AvgIpc) is 2.61. The molecule has 0 saturated carbocycles. The second-order valence-corrected chi connectivity index (χ2v) is 3.92. The molecule has 1 aromatic heterocycles. The topological polar surface area (TPSA) is 54.9 Å². The molecule has 1 saturated heterocycles. The van der Waals surface area contributed by atoms with Crippen molar-refractivity contribution < 1.29 is 4.79 Å². The summed E-state index contributed by atoms with van der Waals surface area (Å²) in [5, 5.41) is 2.91. The zero-order valence-electron chi connectivity index (χ0n) is 8.81. The molecule has 4 nitrogen and oxygen atoms in total. The van der Waals surface area contributed by atoms with Gasteiger partial charge in [0.15, 0.2) is 0 Å². The van der Waals surface area contributed by atoms with Gasteiger partial charge in [0.05, 0.1) is 0 Å². The second-order valence-electron chi connectivity index (χ2n) is 3.92. The number of nitrogens with zero attached hydrogens (tertiary/aromatic N) is 2. The Morgan fingerprint density at radius 3 is 3.13 bits per heavy atom. The van der Waals surface area contributed by atoms with Gasteiger partial charge >= 0.3 is 0 Å². The molecule has 80 valence electrons. The minimum absolute atomic E-state index is 0.153. The summed E-state index contributed by atoms with van der Waals surface area (Å²) in [5.41, 5.74) is 1.02. The first-order valence-corrected chi connectivity index (χ1v) is 5.34. The predicted octanol–water partition coefficient (Wildman–Crippen LogP) is 0.791. The molecule has 2 atom stereocenters. The van der Waals surface area contributed by atoms with Crippen LogP contribution in [0.2, 0.25) is 0 Å². The van der Waals surface area contributed by atoms with E-state index in [2.05, 4.69) is 22.2 Å². The molecular formula is C11H15N3O. The van der Waals surface area contributed by atoms with Gasteiger partial charge in [0.25, 0.3) is 0 Å². The molecule has 15 heavy (non-hydrogen) atoms. The smallest absolute Gasteiger partial charge is 0.223 e. The van der Waals surface area contributed by atoms with Gasteiger partial charge in [0, 0.05) is 24.4 Å². The molecule has 0 radical (unpaired) electrons. The van der Waals surface area contributed by atoms with Gasteiger partial charge in [-0.05, 0) is 24.8 Å². The first-order valence-electron chi connectivity index (χ1n) is 5.34. The lowest BCUT2D eigenvalue weighted by molar-refractivity contribution is -0.123. The van der Waals surface area contributed by atoms with Gasteiger partial charge in [0.1, 0.15) is 6.33 Å². The lowest BCUT2D eigenvalue weighted by Gasteiger charge is -2.13. The zero-order chi connectivity index (χ0) is 10.7. The first kappa shape index (κ1) is 10.1. The minimum atomic E-state index is 0.153. The van der Waals surface area contributed by atoms with Crippen LogP contribution in [0.15, 0.2) is 18.6 Å². The number of hydrogen-bond acceptors (Lipinski definition) is 3. The quantitative estimate of drug-likeness (QED) is 0.793. The van der Waals surface area contributed by atoms with Crippen molar-refractivity contribution in [2.45, 2.75) is 19.8 Å². The van der Waals surface area contributed by atoms with Crippen molar-refractivity contribution in [3.05, 3.63) is 24.3 Å². The summed E-state index contributed by atoms with van der Waals surface area (Å²) in [6.07, 6.45) is 5.06. The van der Waals surface area contributed by atoms with Gasteiger partial charge in [0.2, 0.25) is 5.91 Å².